The molecular formula is C19H15N3O5S. The summed E-state index contributed by atoms with van der Waals surface area (Å²) in [7, 11) is -4.31. The molecule has 0 atom stereocenters. The molecule has 0 heterocycles. The highest BCUT2D eigenvalue weighted by molar-refractivity contribution is 7.89. The van der Waals surface area contributed by atoms with Crippen LogP contribution in [0.2, 0.25) is 0 Å². The standard InChI is InChI=1S/C19H15N3O5S/c23-19(16-12-10-15(11-13-16)14-6-2-1-3-7-14)20-21-28(26,27)18-9-5-4-8-17(18)22(24)25/h1-13,21H,(H,20,23). The van der Waals surface area contributed by atoms with E-state index in [0.29, 0.717) is 0 Å². The van der Waals surface area contributed by atoms with E-state index in [2.05, 4.69) is 5.43 Å². The summed E-state index contributed by atoms with van der Waals surface area (Å²) in [6.07, 6.45) is 0. The third kappa shape index (κ3) is 4.22. The molecule has 0 aromatic heterocycles. The molecular weight excluding hydrogens is 382 g/mol. The lowest BCUT2D eigenvalue weighted by Gasteiger charge is -2.09. The predicted molar refractivity (Wildman–Crippen MR) is 103 cm³/mol. The largest absolute Gasteiger partial charge is 0.289 e. The second kappa shape index (κ2) is 7.99. The lowest BCUT2D eigenvalue weighted by Crippen LogP contribution is -2.41. The first-order valence-electron chi connectivity index (χ1n) is 8.09. The second-order valence-corrected chi connectivity index (χ2v) is 7.38. The van der Waals surface area contributed by atoms with Crippen LogP contribution in [0.4, 0.5) is 5.69 Å². The highest BCUT2D eigenvalue weighted by Gasteiger charge is 2.25. The number of carbonyl (C=O) groups is 1. The summed E-state index contributed by atoms with van der Waals surface area (Å²) in [5.74, 6) is -0.693. The molecule has 2 N–H and O–H groups in total. The number of nitrogens with one attached hydrogen (secondary N) is 2. The van der Waals surface area contributed by atoms with Crippen molar-refractivity contribution >= 4 is 21.6 Å². The first-order valence-corrected chi connectivity index (χ1v) is 9.58. The lowest BCUT2D eigenvalue weighted by atomic mass is 10.0. The number of sulfonamides is 1. The van der Waals surface area contributed by atoms with E-state index < -0.39 is 31.4 Å². The van der Waals surface area contributed by atoms with E-state index in [0.717, 1.165) is 23.3 Å². The Hall–Kier alpha value is -3.56. The van der Waals surface area contributed by atoms with Crippen molar-refractivity contribution in [3.63, 3.8) is 0 Å². The molecule has 0 fully saturated rings. The van der Waals surface area contributed by atoms with Crippen molar-refractivity contribution in [2.24, 2.45) is 0 Å². The fourth-order valence-electron chi connectivity index (χ4n) is 2.52. The molecule has 8 nitrogen and oxygen atoms in total. The molecule has 0 spiro atoms. The number of amides is 1. The number of benzene rings is 3. The van der Waals surface area contributed by atoms with Gasteiger partial charge in [-0.15, -0.1) is 4.83 Å². The van der Waals surface area contributed by atoms with Crippen LogP contribution in [0.1, 0.15) is 10.4 Å². The Bertz CT molecular complexity index is 1110. The van der Waals surface area contributed by atoms with Gasteiger partial charge in [0, 0.05) is 11.6 Å². The van der Waals surface area contributed by atoms with Crippen LogP contribution in [-0.4, -0.2) is 19.2 Å². The Morgan fingerprint density at radius 3 is 2.04 bits per heavy atom. The van der Waals surface area contributed by atoms with Crippen LogP contribution in [0, 0.1) is 10.1 Å². The van der Waals surface area contributed by atoms with Crippen LogP contribution in [0.3, 0.4) is 0 Å². The van der Waals surface area contributed by atoms with E-state index in [4.69, 9.17) is 0 Å². The van der Waals surface area contributed by atoms with Gasteiger partial charge in [0.05, 0.1) is 4.92 Å². The Morgan fingerprint density at radius 1 is 0.821 bits per heavy atom. The summed E-state index contributed by atoms with van der Waals surface area (Å²) in [5.41, 5.74) is 3.58. The zero-order valence-corrected chi connectivity index (χ0v) is 15.2. The molecule has 9 heteroatoms. The molecule has 0 aliphatic carbocycles. The van der Waals surface area contributed by atoms with Gasteiger partial charge in [-0.25, -0.2) is 8.42 Å². The second-order valence-electron chi connectivity index (χ2n) is 5.73. The minimum absolute atomic E-state index is 0.227. The van der Waals surface area contributed by atoms with Crippen LogP contribution in [0.25, 0.3) is 11.1 Å². The van der Waals surface area contributed by atoms with Crippen LogP contribution >= 0.6 is 0 Å². The SMILES string of the molecule is O=C(NNS(=O)(=O)c1ccccc1[N+](=O)[O-])c1ccc(-c2ccccc2)cc1. The van der Waals surface area contributed by atoms with Crippen molar-refractivity contribution in [1.82, 2.24) is 10.3 Å². The van der Waals surface area contributed by atoms with Gasteiger partial charge in [-0.05, 0) is 29.3 Å². The summed E-state index contributed by atoms with van der Waals surface area (Å²) in [6, 6.07) is 21.0. The monoisotopic (exact) mass is 397 g/mol. The van der Waals surface area contributed by atoms with Crippen LogP contribution in [0.5, 0.6) is 0 Å². The molecule has 3 aromatic carbocycles. The summed E-state index contributed by atoms with van der Waals surface area (Å²) in [4.78, 5) is 23.8. The number of para-hydroxylation sites is 1. The van der Waals surface area contributed by atoms with E-state index >= 15 is 0 Å². The van der Waals surface area contributed by atoms with Gasteiger partial charge < -0.3 is 0 Å². The highest BCUT2D eigenvalue weighted by atomic mass is 32.2. The number of nitro groups is 1. The molecule has 0 saturated carbocycles. The van der Waals surface area contributed by atoms with Gasteiger partial charge in [-0.1, -0.05) is 54.6 Å². The van der Waals surface area contributed by atoms with Gasteiger partial charge >= 0.3 is 0 Å². The number of carbonyl (C=O) groups excluding carboxylic acids is 1. The Labute approximate surface area is 161 Å². The fourth-order valence-corrected chi connectivity index (χ4v) is 3.53. The molecule has 3 rings (SSSR count). The summed E-state index contributed by atoms with van der Waals surface area (Å²) in [6.45, 7) is 0. The van der Waals surface area contributed by atoms with E-state index in [1.165, 1.54) is 12.1 Å². The number of hydrogen-bond acceptors (Lipinski definition) is 5. The normalized spacial score (nSPS) is 11.0. The first kappa shape index (κ1) is 19.2. The smallest absolute Gasteiger partial charge is 0.273 e. The highest BCUT2D eigenvalue weighted by Crippen LogP contribution is 2.22. The van der Waals surface area contributed by atoms with Crippen molar-refractivity contribution in [2.45, 2.75) is 4.90 Å². The van der Waals surface area contributed by atoms with Crippen molar-refractivity contribution in [2.75, 3.05) is 0 Å². The van der Waals surface area contributed by atoms with Crippen LogP contribution in [-0.2, 0) is 10.0 Å². The number of rotatable bonds is 6. The first-order chi connectivity index (χ1) is 13.4. The van der Waals surface area contributed by atoms with Crippen LogP contribution < -0.4 is 10.3 Å². The van der Waals surface area contributed by atoms with Crippen molar-refractivity contribution in [3.05, 3.63) is 94.5 Å². The number of hydrazine groups is 1. The average Bonchev–Trinajstić information content (AvgIpc) is 2.73. The van der Waals surface area contributed by atoms with E-state index in [9.17, 15) is 23.3 Å². The van der Waals surface area contributed by atoms with E-state index in [1.54, 1.807) is 24.3 Å². The molecule has 0 radical (unpaired) electrons. The Morgan fingerprint density at radius 2 is 1.39 bits per heavy atom. The van der Waals surface area contributed by atoms with E-state index in [-0.39, 0.29) is 5.56 Å². The minimum atomic E-state index is -4.31. The van der Waals surface area contributed by atoms with Gasteiger partial charge in [0.25, 0.3) is 21.6 Å². The Kier molecular flexibility index (Phi) is 5.48. The van der Waals surface area contributed by atoms with Crippen molar-refractivity contribution in [3.8, 4) is 11.1 Å². The zero-order valence-electron chi connectivity index (χ0n) is 14.4. The van der Waals surface area contributed by atoms with Crippen molar-refractivity contribution in [1.29, 1.82) is 0 Å². The predicted octanol–water partition coefficient (Wildman–Crippen LogP) is 2.89. The minimum Gasteiger partial charge on any atom is -0.273 e. The maximum atomic E-state index is 12.3. The molecule has 0 saturated heterocycles. The van der Waals surface area contributed by atoms with Gasteiger partial charge in [-0.2, -0.15) is 0 Å². The summed E-state index contributed by atoms with van der Waals surface area (Å²) < 4.78 is 24.6. The zero-order chi connectivity index (χ0) is 20.1. The maximum absolute atomic E-state index is 12.3. The quantitative estimate of drug-likeness (QED) is 0.490. The van der Waals surface area contributed by atoms with Gasteiger partial charge in [0.15, 0.2) is 4.90 Å². The average molecular weight is 397 g/mol. The number of nitro benzene ring substituents is 1. The van der Waals surface area contributed by atoms with E-state index in [1.807, 2.05) is 35.2 Å². The summed E-state index contributed by atoms with van der Waals surface area (Å²) >= 11 is 0. The molecule has 3 aromatic rings. The molecule has 1 amide bonds. The topological polar surface area (TPSA) is 118 Å². The van der Waals surface area contributed by atoms with Crippen LogP contribution in [0.15, 0.2) is 83.8 Å². The molecule has 28 heavy (non-hydrogen) atoms. The van der Waals surface area contributed by atoms with Gasteiger partial charge in [0.2, 0.25) is 0 Å². The number of nitrogens with zero attached hydrogens (tertiary/aromatic N) is 1. The molecule has 0 unspecified atom stereocenters. The molecule has 0 aliphatic heterocycles. The summed E-state index contributed by atoms with van der Waals surface area (Å²) in [5, 5.41) is 11.0. The molecule has 142 valence electrons. The Balaban J connectivity index is 1.73. The lowest BCUT2D eigenvalue weighted by molar-refractivity contribution is -0.387. The van der Waals surface area contributed by atoms with Gasteiger partial charge in [0.1, 0.15) is 0 Å². The number of hydrogen-bond donors (Lipinski definition) is 2. The molecule has 0 bridgehead atoms. The van der Waals surface area contributed by atoms with Crippen molar-refractivity contribution < 1.29 is 18.1 Å². The molecule has 0 aliphatic rings. The maximum Gasteiger partial charge on any atom is 0.289 e. The fraction of sp³-hybridized carbons (Fsp3) is 0. The third-order valence-corrected chi connectivity index (χ3v) is 5.20. The third-order valence-electron chi connectivity index (χ3n) is 3.90. The van der Waals surface area contributed by atoms with Gasteiger partial charge in [-0.3, -0.25) is 20.3 Å².